The van der Waals surface area contributed by atoms with E-state index >= 15 is 0 Å². The van der Waals surface area contributed by atoms with E-state index < -0.39 is 28.0 Å². The molecule has 0 aromatic carbocycles. The largest absolute Gasteiger partial charge is 0.480 e. The molecule has 0 fully saturated rings. The first-order valence-corrected chi connectivity index (χ1v) is 8.01. The van der Waals surface area contributed by atoms with Crippen LogP contribution in [0.5, 0.6) is 0 Å². The van der Waals surface area contributed by atoms with Crippen molar-refractivity contribution in [3.63, 3.8) is 0 Å². The summed E-state index contributed by atoms with van der Waals surface area (Å²) in [7, 11) is -2.94. The molecule has 0 radical (unpaired) electrons. The van der Waals surface area contributed by atoms with Crippen LogP contribution in [-0.4, -0.2) is 43.6 Å². The Morgan fingerprint density at radius 3 is 2.59 bits per heavy atom. The van der Waals surface area contributed by atoms with Crippen LogP contribution in [0.4, 0.5) is 0 Å². The Balaban J connectivity index is 3.17. The number of nitrogens with one attached hydrogen (secondary N) is 1. The Bertz CT molecular complexity index is 671. The van der Waals surface area contributed by atoms with Crippen LogP contribution in [-0.2, 0) is 19.6 Å². The Labute approximate surface area is 128 Å². The number of sulfonamides is 1. The van der Waals surface area contributed by atoms with Crippen LogP contribution >= 0.6 is 0 Å². The van der Waals surface area contributed by atoms with E-state index in [2.05, 4.69) is 14.4 Å². The first kappa shape index (κ1) is 18.1. The van der Waals surface area contributed by atoms with Gasteiger partial charge in [-0.1, -0.05) is 13.3 Å². The smallest absolute Gasteiger partial charge is 0.339 e. The highest BCUT2D eigenvalue weighted by Gasteiger charge is 2.26. The molecule has 0 saturated carbocycles. The second-order valence-electron chi connectivity index (χ2n) is 4.60. The van der Waals surface area contributed by atoms with Crippen LogP contribution in [0.25, 0.3) is 0 Å². The SMILES string of the molecule is CCCC(NS(=O)(=O)c1cnc(C)c(C(=O)OC)c1)C(=O)O. The van der Waals surface area contributed by atoms with Gasteiger partial charge in [0, 0.05) is 6.20 Å². The summed E-state index contributed by atoms with van der Waals surface area (Å²) in [5, 5.41) is 9.02. The molecule has 0 spiro atoms. The Morgan fingerprint density at radius 1 is 1.45 bits per heavy atom. The van der Waals surface area contributed by atoms with E-state index in [1.54, 1.807) is 6.92 Å². The lowest BCUT2D eigenvalue weighted by atomic mass is 10.2. The van der Waals surface area contributed by atoms with E-state index in [1.807, 2.05) is 0 Å². The van der Waals surface area contributed by atoms with Gasteiger partial charge in [0.2, 0.25) is 10.0 Å². The highest BCUT2D eigenvalue weighted by Crippen LogP contribution is 2.15. The van der Waals surface area contributed by atoms with Crippen LogP contribution in [0.3, 0.4) is 0 Å². The Kier molecular flexibility index (Phi) is 6.01. The first-order valence-electron chi connectivity index (χ1n) is 6.53. The van der Waals surface area contributed by atoms with Crippen LogP contribution in [0, 0.1) is 6.92 Å². The van der Waals surface area contributed by atoms with Gasteiger partial charge in [-0.25, -0.2) is 13.2 Å². The number of aryl methyl sites for hydroxylation is 1. The summed E-state index contributed by atoms with van der Waals surface area (Å²) >= 11 is 0. The number of carboxylic acid groups (broad SMARTS) is 1. The van der Waals surface area contributed by atoms with Crippen molar-refractivity contribution in [3.05, 3.63) is 23.5 Å². The third kappa shape index (κ3) is 4.25. The molecule has 1 heterocycles. The molecule has 1 rings (SSSR count). The van der Waals surface area contributed by atoms with E-state index in [-0.39, 0.29) is 16.9 Å². The zero-order valence-corrected chi connectivity index (χ0v) is 13.3. The summed E-state index contributed by atoms with van der Waals surface area (Å²) in [5.41, 5.74) is 0.321. The number of methoxy groups -OCH3 is 1. The minimum Gasteiger partial charge on any atom is -0.480 e. The molecule has 1 aromatic heterocycles. The zero-order chi connectivity index (χ0) is 16.9. The number of aliphatic carboxylic acids is 1. The first-order chi connectivity index (χ1) is 10.2. The third-order valence-corrected chi connectivity index (χ3v) is 4.39. The number of esters is 1. The zero-order valence-electron chi connectivity index (χ0n) is 12.5. The van der Waals surface area contributed by atoms with Gasteiger partial charge in [-0.05, 0) is 19.4 Å². The van der Waals surface area contributed by atoms with Crippen molar-refractivity contribution >= 4 is 22.0 Å². The summed E-state index contributed by atoms with van der Waals surface area (Å²) < 4.78 is 31.1. The monoisotopic (exact) mass is 330 g/mol. The van der Waals surface area contributed by atoms with E-state index in [4.69, 9.17) is 5.11 Å². The maximum absolute atomic E-state index is 12.2. The van der Waals surface area contributed by atoms with Gasteiger partial charge in [0.25, 0.3) is 0 Å². The lowest BCUT2D eigenvalue weighted by molar-refractivity contribution is -0.139. The van der Waals surface area contributed by atoms with Gasteiger partial charge >= 0.3 is 11.9 Å². The van der Waals surface area contributed by atoms with E-state index in [9.17, 15) is 18.0 Å². The number of rotatable bonds is 7. The molecule has 0 aliphatic rings. The molecule has 1 unspecified atom stereocenters. The highest BCUT2D eigenvalue weighted by molar-refractivity contribution is 7.89. The molecule has 22 heavy (non-hydrogen) atoms. The topological polar surface area (TPSA) is 123 Å². The molecule has 2 N–H and O–H groups in total. The number of carboxylic acids is 1. The second kappa shape index (κ2) is 7.32. The molecule has 0 amide bonds. The molecule has 122 valence electrons. The maximum Gasteiger partial charge on any atom is 0.339 e. The standard InChI is InChI=1S/C13H18N2O6S/c1-4-5-11(12(16)17)15-22(19,20)9-6-10(13(18)21-3)8(2)14-7-9/h6-7,11,15H,4-5H2,1-3H3,(H,16,17). The average Bonchev–Trinajstić information content (AvgIpc) is 2.46. The van der Waals surface area contributed by atoms with E-state index in [0.29, 0.717) is 12.1 Å². The quantitative estimate of drug-likeness (QED) is 0.706. The number of aromatic nitrogens is 1. The molecule has 0 saturated heterocycles. The van der Waals surface area contributed by atoms with Gasteiger partial charge < -0.3 is 9.84 Å². The number of pyridine rings is 1. The maximum atomic E-state index is 12.2. The van der Waals surface area contributed by atoms with E-state index in [1.165, 1.54) is 14.0 Å². The summed E-state index contributed by atoms with van der Waals surface area (Å²) in [4.78, 5) is 26.2. The second-order valence-corrected chi connectivity index (χ2v) is 6.31. The molecule has 9 heteroatoms. The van der Waals surface area contributed by atoms with Crippen LogP contribution in [0.15, 0.2) is 17.2 Å². The van der Waals surface area contributed by atoms with Crippen molar-refractivity contribution in [3.8, 4) is 0 Å². The fourth-order valence-electron chi connectivity index (χ4n) is 1.75. The van der Waals surface area contributed by atoms with Gasteiger partial charge in [0.05, 0.1) is 18.4 Å². The van der Waals surface area contributed by atoms with Gasteiger partial charge in [0.15, 0.2) is 0 Å². The molecule has 0 aliphatic carbocycles. The van der Waals surface area contributed by atoms with Crippen LogP contribution in [0.1, 0.15) is 35.8 Å². The summed E-state index contributed by atoms with van der Waals surface area (Å²) in [5.74, 6) is -1.98. The number of ether oxygens (including phenoxy) is 1. The molecular formula is C13H18N2O6S. The Hall–Kier alpha value is -2.00. The molecule has 0 aliphatic heterocycles. The lowest BCUT2D eigenvalue weighted by Gasteiger charge is -2.14. The summed E-state index contributed by atoms with van der Waals surface area (Å²) in [6.07, 6.45) is 1.71. The van der Waals surface area contributed by atoms with E-state index in [0.717, 1.165) is 12.3 Å². The normalized spacial score (nSPS) is 12.7. The fraction of sp³-hybridized carbons (Fsp3) is 0.462. The number of hydrogen-bond donors (Lipinski definition) is 2. The minimum atomic E-state index is -4.11. The predicted molar refractivity (Wildman–Crippen MR) is 77.0 cm³/mol. The van der Waals surface area contributed by atoms with Crippen molar-refractivity contribution in [2.24, 2.45) is 0 Å². The molecule has 1 aromatic rings. The van der Waals surface area contributed by atoms with Crippen molar-refractivity contribution < 1.29 is 27.9 Å². The highest BCUT2D eigenvalue weighted by atomic mass is 32.2. The van der Waals surface area contributed by atoms with Gasteiger partial charge in [-0.3, -0.25) is 9.78 Å². The average molecular weight is 330 g/mol. The van der Waals surface area contributed by atoms with Crippen molar-refractivity contribution in [1.29, 1.82) is 0 Å². The van der Waals surface area contributed by atoms with Crippen molar-refractivity contribution in [2.75, 3.05) is 7.11 Å². The van der Waals surface area contributed by atoms with Crippen LogP contribution in [0.2, 0.25) is 0 Å². The molecule has 0 bridgehead atoms. The lowest BCUT2D eigenvalue weighted by Crippen LogP contribution is -2.40. The van der Waals surface area contributed by atoms with Gasteiger partial charge in [-0.15, -0.1) is 0 Å². The number of carbonyl (C=O) groups is 2. The molecular weight excluding hydrogens is 312 g/mol. The van der Waals surface area contributed by atoms with Gasteiger partial charge in [-0.2, -0.15) is 4.72 Å². The minimum absolute atomic E-state index is 0.00717. The summed E-state index contributed by atoms with van der Waals surface area (Å²) in [6.45, 7) is 3.28. The Morgan fingerprint density at radius 2 is 2.09 bits per heavy atom. The van der Waals surface area contributed by atoms with Crippen molar-refractivity contribution in [2.45, 2.75) is 37.6 Å². The van der Waals surface area contributed by atoms with Gasteiger partial charge in [0.1, 0.15) is 10.9 Å². The number of nitrogens with zero attached hydrogens (tertiary/aromatic N) is 1. The third-order valence-electron chi connectivity index (χ3n) is 2.95. The van der Waals surface area contributed by atoms with Crippen molar-refractivity contribution in [1.82, 2.24) is 9.71 Å². The van der Waals surface area contributed by atoms with Crippen LogP contribution < -0.4 is 4.72 Å². The fourth-order valence-corrected chi connectivity index (χ4v) is 2.95. The number of carbonyl (C=O) groups excluding carboxylic acids is 1. The predicted octanol–water partition coefficient (Wildman–Crippen LogP) is 0.708. The molecule has 8 nitrogen and oxygen atoms in total. The number of hydrogen-bond acceptors (Lipinski definition) is 6. The summed E-state index contributed by atoms with van der Waals surface area (Å²) in [6, 6.07) is -0.126. The molecule has 1 atom stereocenters.